The lowest BCUT2D eigenvalue weighted by Gasteiger charge is -2.05. The van der Waals surface area contributed by atoms with Crippen LogP contribution in [0.1, 0.15) is 12.5 Å². The molecule has 0 radical (unpaired) electrons. The predicted octanol–water partition coefficient (Wildman–Crippen LogP) is 1.68. The smallest absolute Gasteiger partial charge is 0.308 e. The predicted molar refractivity (Wildman–Crippen MR) is 65.2 cm³/mol. The number of benzene rings is 1. The van der Waals surface area contributed by atoms with E-state index < -0.39 is 17.8 Å². The Morgan fingerprint density at radius 3 is 2.83 bits per heavy atom. The number of carbonyl (C=O) groups is 2. The highest BCUT2D eigenvalue weighted by atomic mass is 19.1. The number of carboxylic acids is 1. The molecular formula is C13H14FNO3. The molecule has 5 heteroatoms. The van der Waals surface area contributed by atoms with Crippen molar-refractivity contribution >= 4 is 18.0 Å². The maximum atomic E-state index is 12.8. The Labute approximate surface area is 104 Å². The minimum Gasteiger partial charge on any atom is -0.481 e. The van der Waals surface area contributed by atoms with Gasteiger partial charge in [-0.05, 0) is 23.8 Å². The van der Waals surface area contributed by atoms with Gasteiger partial charge in [-0.25, -0.2) is 4.39 Å². The van der Waals surface area contributed by atoms with E-state index in [9.17, 15) is 14.0 Å². The molecule has 1 aromatic rings. The van der Waals surface area contributed by atoms with Crippen LogP contribution < -0.4 is 5.32 Å². The lowest BCUT2D eigenvalue weighted by atomic mass is 10.2. The Morgan fingerprint density at radius 2 is 2.22 bits per heavy atom. The summed E-state index contributed by atoms with van der Waals surface area (Å²) in [5.41, 5.74) is 0.566. The van der Waals surface area contributed by atoms with Gasteiger partial charge in [-0.15, -0.1) is 0 Å². The highest BCUT2D eigenvalue weighted by Gasteiger charge is 2.10. The number of hydrogen-bond acceptors (Lipinski definition) is 2. The lowest BCUT2D eigenvalue weighted by molar-refractivity contribution is -0.141. The van der Waals surface area contributed by atoms with Crippen LogP contribution in [0.15, 0.2) is 30.3 Å². The molecule has 0 unspecified atom stereocenters. The summed E-state index contributed by atoms with van der Waals surface area (Å²) in [5, 5.41) is 11.1. The quantitative estimate of drug-likeness (QED) is 0.782. The standard InChI is InChI=1S/C13H14FNO3/c1-9(13(17)18)8-15-12(16)6-5-10-3-2-4-11(14)7-10/h2-7,9H,8H2,1H3,(H,15,16)(H,17,18)/b6-5+/t9-/m1/s1. The second kappa shape index (κ2) is 6.54. The highest BCUT2D eigenvalue weighted by Crippen LogP contribution is 2.05. The fourth-order valence-electron chi connectivity index (χ4n) is 1.18. The maximum Gasteiger partial charge on any atom is 0.308 e. The lowest BCUT2D eigenvalue weighted by Crippen LogP contribution is -2.30. The van der Waals surface area contributed by atoms with Crippen LogP contribution in [0.2, 0.25) is 0 Å². The van der Waals surface area contributed by atoms with Crippen molar-refractivity contribution in [2.24, 2.45) is 5.92 Å². The third-order valence-electron chi connectivity index (χ3n) is 2.28. The van der Waals surface area contributed by atoms with E-state index in [0.717, 1.165) is 0 Å². The van der Waals surface area contributed by atoms with Gasteiger partial charge in [-0.3, -0.25) is 9.59 Å². The van der Waals surface area contributed by atoms with Gasteiger partial charge in [0.1, 0.15) is 5.82 Å². The van der Waals surface area contributed by atoms with Gasteiger partial charge < -0.3 is 10.4 Å². The first-order valence-corrected chi connectivity index (χ1v) is 5.43. The summed E-state index contributed by atoms with van der Waals surface area (Å²) < 4.78 is 12.8. The fraction of sp³-hybridized carbons (Fsp3) is 0.231. The van der Waals surface area contributed by atoms with Gasteiger partial charge in [-0.2, -0.15) is 0 Å². The summed E-state index contributed by atoms with van der Waals surface area (Å²) >= 11 is 0. The van der Waals surface area contributed by atoms with Crippen molar-refractivity contribution in [3.63, 3.8) is 0 Å². The largest absolute Gasteiger partial charge is 0.481 e. The molecule has 0 bridgehead atoms. The Bertz CT molecular complexity index is 471. The summed E-state index contributed by atoms with van der Waals surface area (Å²) in [6, 6.07) is 5.81. The van der Waals surface area contributed by atoms with Crippen LogP contribution in [-0.2, 0) is 9.59 Å². The summed E-state index contributed by atoms with van der Waals surface area (Å²) in [6.45, 7) is 1.56. The van der Waals surface area contributed by atoms with Gasteiger partial charge in [0.15, 0.2) is 0 Å². The van der Waals surface area contributed by atoms with Gasteiger partial charge in [0.25, 0.3) is 0 Å². The second-order valence-corrected chi connectivity index (χ2v) is 3.87. The molecule has 4 nitrogen and oxygen atoms in total. The molecule has 0 saturated heterocycles. The van der Waals surface area contributed by atoms with Gasteiger partial charge in [0, 0.05) is 12.6 Å². The number of rotatable bonds is 5. The number of hydrogen-bond donors (Lipinski definition) is 2. The molecule has 1 rings (SSSR count). The van der Waals surface area contributed by atoms with Crippen molar-refractivity contribution in [2.75, 3.05) is 6.54 Å². The normalized spacial score (nSPS) is 12.3. The first-order valence-electron chi connectivity index (χ1n) is 5.43. The molecule has 96 valence electrons. The van der Waals surface area contributed by atoms with Crippen molar-refractivity contribution < 1.29 is 19.1 Å². The molecule has 0 spiro atoms. The topological polar surface area (TPSA) is 66.4 Å². The molecule has 0 aliphatic heterocycles. The van der Waals surface area contributed by atoms with E-state index in [-0.39, 0.29) is 12.4 Å². The molecule has 0 saturated carbocycles. The van der Waals surface area contributed by atoms with Crippen LogP contribution in [0.25, 0.3) is 6.08 Å². The molecular weight excluding hydrogens is 237 g/mol. The van der Waals surface area contributed by atoms with E-state index >= 15 is 0 Å². The Balaban J connectivity index is 2.47. The number of carbonyl (C=O) groups excluding carboxylic acids is 1. The number of aliphatic carboxylic acids is 1. The molecule has 1 aromatic carbocycles. The van der Waals surface area contributed by atoms with Crippen molar-refractivity contribution in [3.05, 3.63) is 41.7 Å². The van der Waals surface area contributed by atoms with Gasteiger partial charge in [-0.1, -0.05) is 19.1 Å². The van der Waals surface area contributed by atoms with Crippen LogP contribution in [0.5, 0.6) is 0 Å². The van der Waals surface area contributed by atoms with Crippen LogP contribution >= 0.6 is 0 Å². The molecule has 18 heavy (non-hydrogen) atoms. The molecule has 0 aromatic heterocycles. The van der Waals surface area contributed by atoms with Crippen molar-refractivity contribution in [2.45, 2.75) is 6.92 Å². The molecule has 0 aliphatic rings. The van der Waals surface area contributed by atoms with Crippen LogP contribution in [0, 0.1) is 11.7 Å². The molecule has 0 heterocycles. The second-order valence-electron chi connectivity index (χ2n) is 3.87. The number of halogens is 1. The zero-order valence-electron chi connectivity index (χ0n) is 9.89. The fourth-order valence-corrected chi connectivity index (χ4v) is 1.18. The van der Waals surface area contributed by atoms with Crippen molar-refractivity contribution in [3.8, 4) is 0 Å². The minimum atomic E-state index is -0.968. The van der Waals surface area contributed by atoms with Crippen LogP contribution in [0.3, 0.4) is 0 Å². The van der Waals surface area contributed by atoms with Crippen LogP contribution in [0.4, 0.5) is 4.39 Å². The van der Waals surface area contributed by atoms with E-state index in [1.807, 2.05) is 0 Å². The average molecular weight is 251 g/mol. The van der Waals surface area contributed by atoms with Gasteiger partial charge >= 0.3 is 5.97 Å². The number of nitrogens with one attached hydrogen (secondary N) is 1. The third kappa shape index (κ3) is 4.78. The van der Waals surface area contributed by atoms with Crippen molar-refractivity contribution in [1.82, 2.24) is 5.32 Å². The SMILES string of the molecule is C[C@H](CNC(=O)/C=C/c1cccc(F)c1)C(=O)O. The monoisotopic (exact) mass is 251 g/mol. The van der Waals surface area contributed by atoms with Gasteiger partial charge in [0.2, 0.25) is 5.91 Å². The summed E-state index contributed by atoms with van der Waals surface area (Å²) in [4.78, 5) is 21.9. The highest BCUT2D eigenvalue weighted by molar-refractivity contribution is 5.91. The molecule has 2 N–H and O–H groups in total. The van der Waals surface area contributed by atoms with E-state index in [2.05, 4.69) is 5.32 Å². The van der Waals surface area contributed by atoms with Crippen molar-refractivity contribution in [1.29, 1.82) is 0 Å². The maximum absolute atomic E-state index is 12.8. The Hall–Kier alpha value is -2.17. The third-order valence-corrected chi connectivity index (χ3v) is 2.28. The summed E-state index contributed by atoms with van der Waals surface area (Å²) in [6.07, 6.45) is 2.70. The number of carboxylic acid groups (broad SMARTS) is 1. The molecule has 1 amide bonds. The first-order chi connectivity index (χ1) is 8.49. The Morgan fingerprint density at radius 1 is 1.50 bits per heavy atom. The molecule has 0 fully saturated rings. The first kappa shape index (κ1) is 13.9. The van der Waals surface area contributed by atoms with Crippen LogP contribution in [-0.4, -0.2) is 23.5 Å². The van der Waals surface area contributed by atoms with E-state index in [1.165, 1.54) is 31.2 Å². The molecule has 1 atom stereocenters. The van der Waals surface area contributed by atoms with E-state index in [0.29, 0.717) is 5.56 Å². The van der Waals surface area contributed by atoms with E-state index in [1.54, 1.807) is 12.1 Å². The van der Waals surface area contributed by atoms with Gasteiger partial charge in [0.05, 0.1) is 5.92 Å². The zero-order chi connectivity index (χ0) is 13.5. The zero-order valence-corrected chi connectivity index (χ0v) is 9.89. The molecule has 0 aliphatic carbocycles. The van der Waals surface area contributed by atoms with E-state index in [4.69, 9.17) is 5.11 Å². The minimum absolute atomic E-state index is 0.0572. The summed E-state index contributed by atoms with van der Waals surface area (Å²) in [7, 11) is 0. The number of amides is 1. The average Bonchev–Trinajstić information content (AvgIpc) is 2.33. The summed E-state index contributed by atoms with van der Waals surface area (Å²) in [5.74, 6) is -2.40. The Kier molecular flexibility index (Phi) is 5.05.